The average Bonchev–Trinajstić information content (AvgIpc) is 3.50. The zero-order valence-electron chi connectivity index (χ0n) is 26.9. The molecule has 10 nitrogen and oxygen atoms in total. The van der Waals surface area contributed by atoms with Gasteiger partial charge in [-0.2, -0.15) is 4.98 Å². The van der Waals surface area contributed by atoms with Crippen LogP contribution in [0.25, 0.3) is 0 Å². The van der Waals surface area contributed by atoms with Crippen molar-refractivity contribution < 1.29 is 18.6 Å². The van der Waals surface area contributed by atoms with E-state index in [1.165, 1.54) is 4.57 Å². The first-order valence-corrected chi connectivity index (χ1v) is 17.1. The second-order valence-corrected chi connectivity index (χ2v) is 11.7. The first-order valence-electron chi connectivity index (χ1n) is 15.9. The van der Waals surface area contributed by atoms with Crippen molar-refractivity contribution in [2.75, 3.05) is 32.5 Å². The Balaban J connectivity index is 1.45. The van der Waals surface area contributed by atoms with Crippen LogP contribution < -0.4 is 21.8 Å². The molecule has 1 fully saturated rings. The Kier molecular flexibility index (Phi) is 21.2. The van der Waals surface area contributed by atoms with Crippen molar-refractivity contribution >= 4 is 20.3 Å². The Labute approximate surface area is 270 Å². The van der Waals surface area contributed by atoms with E-state index in [1.807, 2.05) is 6.08 Å². The van der Waals surface area contributed by atoms with Gasteiger partial charge in [-0.15, -0.1) is 0 Å². The summed E-state index contributed by atoms with van der Waals surface area (Å²) in [6.45, 7) is 3.47. The van der Waals surface area contributed by atoms with Crippen LogP contribution in [0.1, 0.15) is 77.4 Å². The van der Waals surface area contributed by atoms with E-state index in [-0.39, 0.29) is 24.1 Å². The van der Waals surface area contributed by atoms with Gasteiger partial charge in [-0.05, 0) is 63.9 Å². The first kappa shape index (κ1) is 38.0. The third kappa shape index (κ3) is 18.4. The number of ether oxygens (including phenoxy) is 1. The van der Waals surface area contributed by atoms with Gasteiger partial charge in [0.15, 0.2) is 0 Å². The predicted octanol–water partition coefficient (Wildman–Crippen LogP) is 6.58. The van der Waals surface area contributed by atoms with E-state index < -0.39 is 14.2 Å². The maximum Gasteiger partial charge on any atom is 0.351 e. The van der Waals surface area contributed by atoms with Crippen LogP contribution >= 0.6 is 8.53 Å². The molecule has 45 heavy (non-hydrogen) atoms. The molecule has 1 aliphatic heterocycles. The van der Waals surface area contributed by atoms with Crippen LogP contribution in [0, 0.1) is 0 Å². The largest absolute Gasteiger partial charge is 0.383 e. The van der Waals surface area contributed by atoms with Gasteiger partial charge < -0.3 is 24.8 Å². The number of hydrogen-bond donors (Lipinski definition) is 3. The van der Waals surface area contributed by atoms with E-state index in [0.29, 0.717) is 39.0 Å². The fourth-order valence-electron chi connectivity index (χ4n) is 4.26. The highest BCUT2D eigenvalue weighted by molar-refractivity contribution is 7.44. The second-order valence-electron chi connectivity index (χ2n) is 10.3. The van der Waals surface area contributed by atoms with Crippen molar-refractivity contribution in [2.45, 2.75) is 83.5 Å². The van der Waals surface area contributed by atoms with Gasteiger partial charge in [-0.25, -0.2) is 9.88 Å². The van der Waals surface area contributed by atoms with Crippen LogP contribution in [0.15, 0.2) is 90.0 Å². The number of nitrogen functional groups attached to an aromatic ring is 1. The molecule has 1 amide bonds. The van der Waals surface area contributed by atoms with Crippen LogP contribution in [-0.4, -0.2) is 48.4 Å². The molecule has 3 unspecified atom stereocenters. The zero-order chi connectivity index (χ0) is 32.4. The van der Waals surface area contributed by atoms with Crippen LogP contribution in [0.3, 0.4) is 0 Å². The standard InChI is InChI=1S/C34H52N5O5P/c1-3-4-5-6-7-8-9-10-11-12-13-14-15-16-17-18-19-20-21-22-32(40)36-26-27-37-45(42-2)43-29-30-23-24-33(44-30)39-28-25-31(35)38-34(39)41/h4-5,7-8,10-11,13-14,16-17,19-20,25,28,30,33,37H,3,6,9,12,15,18,21-24,26-27,29H2,1-2H3,(H,36,40)(H2,35,38,41)/b5-4-,8-7-,11-10-,14-13-,17-16-,20-19-. The van der Waals surface area contributed by atoms with Crippen LogP contribution in [0.5, 0.6) is 0 Å². The van der Waals surface area contributed by atoms with E-state index in [0.717, 1.165) is 44.9 Å². The molecule has 0 bridgehead atoms. The molecule has 0 aromatic carbocycles. The molecule has 1 aromatic rings. The summed E-state index contributed by atoms with van der Waals surface area (Å²) in [5.74, 6) is 0.198. The molecule has 1 aromatic heterocycles. The summed E-state index contributed by atoms with van der Waals surface area (Å²) in [6.07, 6.45) is 35.5. The summed E-state index contributed by atoms with van der Waals surface area (Å²) in [6, 6.07) is 1.58. The van der Waals surface area contributed by atoms with Gasteiger partial charge in [-0.3, -0.25) is 9.36 Å². The highest BCUT2D eigenvalue weighted by Crippen LogP contribution is 2.35. The normalized spacial score (nSPS) is 18.2. The summed E-state index contributed by atoms with van der Waals surface area (Å²) in [5, 5.41) is 6.08. The molecule has 4 N–H and O–H groups in total. The number of nitrogens with one attached hydrogen (secondary N) is 2. The SMILES string of the molecule is CC/C=C\C/C=C\C/C=C\C/C=C\C/C=C\C/C=C\CCC(=O)NCCNP(OC)OCC1CCC(n2ccc(N)nc2=O)O1. The molecule has 11 heteroatoms. The summed E-state index contributed by atoms with van der Waals surface area (Å²) in [5.41, 5.74) is 5.13. The minimum atomic E-state index is -1.32. The van der Waals surface area contributed by atoms with Crippen molar-refractivity contribution in [2.24, 2.45) is 0 Å². The number of aromatic nitrogens is 2. The Morgan fingerprint density at radius 2 is 1.58 bits per heavy atom. The lowest BCUT2D eigenvalue weighted by atomic mass is 10.2. The molecule has 0 saturated carbocycles. The molecular formula is C34H52N5O5P. The molecule has 1 saturated heterocycles. The monoisotopic (exact) mass is 641 g/mol. The number of nitrogens with zero attached hydrogens (tertiary/aromatic N) is 2. The Morgan fingerprint density at radius 3 is 2.16 bits per heavy atom. The molecule has 0 radical (unpaired) electrons. The van der Waals surface area contributed by atoms with Crippen molar-refractivity contribution in [3.05, 3.63) is 95.7 Å². The quantitative estimate of drug-likeness (QED) is 0.0695. The smallest absolute Gasteiger partial charge is 0.351 e. The van der Waals surface area contributed by atoms with Gasteiger partial charge in [0.05, 0.1) is 12.7 Å². The van der Waals surface area contributed by atoms with Gasteiger partial charge in [0, 0.05) is 32.8 Å². The topological polar surface area (TPSA) is 130 Å². The average molecular weight is 642 g/mol. The molecule has 248 valence electrons. The Hall–Kier alpha value is -3.14. The van der Waals surface area contributed by atoms with Crippen molar-refractivity contribution in [1.82, 2.24) is 20.0 Å². The number of allylic oxidation sites excluding steroid dienone is 12. The fraction of sp³-hybridized carbons (Fsp3) is 0.500. The predicted molar refractivity (Wildman–Crippen MR) is 184 cm³/mol. The Morgan fingerprint density at radius 1 is 0.978 bits per heavy atom. The fourth-order valence-corrected chi connectivity index (χ4v) is 5.19. The first-order chi connectivity index (χ1) is 22.0. The third-order valence-electron chi connectivity index (χ3n) is 6.61. The maximum absolute atomic E-state index is 12.1. The van der Waals surface area contributed by atoms with Crippen molar-refractivity contribution in [3.63, 3.8) is 0 Å². The molecule has 3 atom stereocenters. The number of amides is 1. The number of hydrogen-bond acceptors (Lipinski definition) is 8. The van der Waals surface area contributed by atoms with Gasteiger partial charge >= 0.3 is 5.69 Å². The van der Waals surface area contributed by atoms with Crippen LogP contribution in [0.4, 0.5) is 5.82 Å². The minimum absolute atomic E-state index is 0.0109. The highest BCUT2D eigenvalue weighted by atomic mass is 31.2. The summed E-state index contributed by atoms with van der Waals surface area (Å²) in [7, 11) is 0.247. The summed E-state index contributed by atoms with van der Waals surface area (Å²) in [4.78, 5) is 27.9. The Bertz CT molecular complexity index is 1190. The van der Waals surface area contributed by atoms with Gasteiger partial charge in [0.1, 0.15) is 12.0 Å². The lowest BCUT2D eigenvalue weighted by molar-refractivity contribution is -0.120. The van der Waals surface area contributed by atoms with E-state index in [9.17, 15) is 9.59 Å². The number of carbonyl (C=O) groups is 1. The summed E-state index contributed by atoms with van der Waals surface area (Å²) >= 11 is 0. The molecule has 2 heterocycles. The number of rotatable bonds is 23. The van der Waals surface area contributed by atoms with Crippen molar-refractivity contribution in [3.8, 4) is 0 Å². The zero-order valence-corrected chi connectivity index (χ0v) is 27.8. The maximum atomic E-state index is 12.1. The number of nitrogens with two attached hydrogens (primary N) is 1. The molecular weight excluding hydrogens is 589 g/mol. The van der Waals surface area contributed by atoms with E-state index >= 15 is 0 Å². The molecule has 2 rings (SSSR count). The van der Waals surface area contributed by atoms with E-state index in [4.69, 9.17) is 19.5 Å². The lowest BCUT2D eigenvalue weighted by Crippen LogP contribution is -2.30. The summed E-state index contributed by atoms with van der Waals surface area (Å²) < 4.78 is 18.6. The van der Waals surface area contributed by atoms with Crippen LogP contribution in [0.2, 0.25) is 0 Å². The highest BCUT2D eigenvalue weighted by Gasteiger charge is 2.28. The second kappa shape index (κ2) is 25.1. The minimum Gasteiger partial charge on any atom is -0.383 e. The van der Waals surface area contributed by atoms with Crippen LogP contribution in [-0.2, 0) is 18.6 Å². The number of carbonyl (C=O) groups excluding carboxylic acids is 1. The molecule has 0 aliphatic carbocycles. The third-order valence-corrected chi connectivity index (χ3v) is 7.81. The van der Waals surface area contributed by atoms with Gasteiger partial charge in [0.25, 0.3) is 8.53 Å². The van der Waals surface area contributed by atoms with Gasteiger partial charge in [0.2, 0.25) is 5.91 Å². The van der Waals surface area contributed by atoms with E-state index in [1.54, 1.807) is 19.4 Å². The van der Waals surface area contributed by atoms with Gasteiger partial charge in [-0.1, -0.05) is 79.8 Å². The van der Waals surface area contributed by atoms with E-state index in [2.05, 4.69) is 89.1 Å². The van der Waals surface area contributed by atoms with Crippen molar-refractivity contribution in [1.29, 1.82) is 0 Å². The number of anilines is 1. The molecule has 1 aliphatic rings. The lowest BCUT2D eigenvalue weighted by Gasteiger charge is -2.19. The molecule has 0 spiro atoms.